The fourth-order valence-corrected chi connectivity index (χ4v) is 1.87. The van der Waals surface area contributed by atoms with Crippen LogP contribution in [0.15, 0.2) is 34.9 Å². The van der Waals surface area contributed by atoms with Gasteiger partial charge in [-0.05, 0) is 25.2 Å². The van der Waals surface area contributed by atoms with Crippen LogP contribution in [0.25, 0.3) is 11.5 Å². The third-order valence-electron chi connectivity index (χ3n) is 2.92. The Bertz CT molecular complexity index is 627. The Balaban J connectivity index is 2.00. The Morgan fingerprint density at radius 1 is 1.36 bits per heavy atom. The molecule has 2 rings (SSSR count). The molecule has 0 bridgehead atoms. The molecule has 1 heterocycles. The molecule has 1 unspecified atom stereocenters. The van der Waals surface area contributed by atoms with Crippen molar-refractivity contribution in [3.63, 3.8) is 0 Å². The molecule has 0 saturated heterocycles. The molecule has 8 heteroatoms. The van der Waals surface area contributed by atoms with Crippen molar-refractivity contribution in [1.29, 1.82) is 0 Å². The lowest BCUT2D eigenvalue weighted by atomic mass is 10.2. The summed E-state index contributed by atoms with van der Waals surface area (Å²) in [6.45, 7) is -0.516. The SMILES string of the molecule is CN(Cc1coc(-c2cccc(F)c2)n1)CC(O)C(F)(F)F. The van der Waals surface area contributed by atoms with Crippen LogP contribution in [0.5, 0.6) is 0 Å². The molecule has 0 aliphatic rings. The summed E-state index contributed by atoms with van der Waals surface area (Å²) < 4.78 is 55.1. The summed E-state index contributed by atoms with van der Waals surface area (Å²) in [4.78, 5) is 5.36. The van der Waals surface area contributed by atoms with Crippen LogP contribution in [-0.2, 0) is 6.54 Å². The zero-order valence-corrected chi connectivity index (χ0v) is 11.6. The van der Waals surface area contributed by atoms with Gasteiger partial charge in [0.25, 0.3) is 0 Å². The largest absolute Gasteiger partial charge is 0.444 e. The third-order valence-corrected chi connectivity index (χ3v) is 2.92. The molecule has 4 nitrogen and oxygen atoms in total. The van der Waals surface area contributed by atoms with Gasteiger partial charge < -0.3 is 9.52 Å². The third kappa shape index (κ3) is 4.28. The first-order valence-corrected chi connectivity index (χ1v) is 6.39. The van der Waals surface area contributed by atoms with Gasteiger partial charge in [-0.1, -0.05) is 6.07 Å². The van der Waals surface area contributed by atoms with Crippen LogP contribution in [0.4, 0.5) is 17.6 Å². The summed E-state index contributed by atoms with van der Waals surface area (Å²) in [5.74, 6) is -0.262. The van der Waals surface area contributed by atoms with Gasteiger partial charge >= 0.3 is 6.18 Å². The van der Waals surface area contributed by atoms with Crippen LogP contribution in [0.1, 0.15) is 5.69 Å². The Hall–Kier alpha value is -1.93. The standard InChI is InChI=1S/C14H14F4N2O2/c1-20(7-12(21)14(16,17)18)6-11-8-22-13(19-11)9-3-2-4-10(15)5-9/h2-5,8,12,21H,6-7H2,1H3. The minimum atomic E-state index is -4.66. The predicted molar refractivity (Wildman–Crippen MR) is 70.3 cm³/mol. The van der Waals surface area contributed by atoms with Crippen molar-refractivity contribution in [2.75, 3.05) is 13.6 Å². The fraction of sp³-hybridized carbons (Fsp3) is 0.357. The van der Waals surface area contributed by atoms with Gasteiger partial charge in [0.15, 0.2) is 6.10 Å². The van der Waals surface area contributed by atoms with Gasteiger partial charge in [0, 0.05) is 18.7 Å². The molecule has 2 aromatic rings. The number of rotatable bonds is 5. The van der Waals surface area contributed by atoms with Crippen molar-refractivity contribution in [3.8, 4) is 11.5 Å². The lowest BCUT2D eigenvalue weighted by molar-refractivity contribution is -0.207. The molecule has 0 saturated carbocycles. The molecule has 0 radical (unpaired) electrons. The summed E-state index contributed by atoms with van der Waals surface area (Å²) in [5, 5.41) is 9.00. The second kappa shape index (κ2) is 6.45. The normalized spacial score (nSPS) is 13.6. The monoisotopic (exact) mass is 318 g/mol. The predicted octanol–water partition coefficient (Wildman–Crippen LogP) is 2.84. The molecular formula is C14H14F4N2O2. The number of alkyl halides is 3. The highest BCUT2D eigenvalue weighted by atomic mass is 19.4. The van der Waals surface area contributed by atoms with E-state index in [9.17, 15) is 17.6 Å². The first-order valence-electron chi connectivity index (χ1n) is 6.39. The van der Waals surface area contributed by atoms with Crippen LogP contribution in [0.3, 0.4) is 0 Å². The van der Waals surface area contributed by atoms with Crippen LogP contribution < -0.4 is 0 Å². The number of hydrogen-bond donors (Lipinski definition) is 1. The molecule has 0 spiro atoms. The van der Waals surface area contributed by atoms with Gasteiger partial charge in [0.1, 0.15) is 12.1 Å². The Morgan fingerprint density at radius 3 is 2.73 bits per heavy atom. The molecule has 0 aliphatic carbocycles. The lowest BCUT2D eigenvalue weighted by Crippen LogP contribution is -2.39. The number of halogens is 4. The van der Waals surface area contributed by atoms with Crippen LogP contribution in [0.2, 0.25) is 0 Å². The van der Waals surface area contributed by atoms with E-state index in [0.29, 0.717) is 11.3 Å². The summed E-state index contributed by atoms with van der Waals surface area (Å²) in [6, 6.07) is 5.63. The maximum absolute atomic E-state index is 13.1. The summed E-state index contributed by atoms with van der Waals surface area (Å²) in [7, 11) is 1.42. The molecule has 0 amide bonds. The molecule has 1 N–H and O–H groups in total. The van der Waals surface area contributed by atoms with Crippen LogP contribution >= 0.6 is 0 Å². The fourth-order valence-electron chi connectivity index (χ4n) is 1.87. The van der Waals surface area contributed by atoms with Crippen molar-refractivity contribution >= 4 is 0 Å². The van der Waals surface area contributed by atoms with E-state index in [4.69, 9.17) is 9.52 Å². The van der Waals surface area contributed by atoms with Gasteiger partial charge in [-0.3, -0.25) is 4.90 Å². The number of aliphatic hydroxyl groups is 1. The van der Waals surface area contributed by atoms with Gasteiger partial charge in [-0.2, -0.15) is 13.2 Å². The number of benzene rings is 1. The van der Waals surface area contributed by atoms with Crippen molar-refractivity contribution < 1.29 is 27.1 Å². The summed E-state index contributed by atoms with van der Waals surface area (Å²) in [6.07, 6.45) is -5.80. The maximum atomic E-state index is 13.1. The van der Waals surface area contributed by atoms with E-state index in [0.717, 1.165) is 0 Å². The van der Waals surface area contributed by atoms with Gasteiger partial charge in [-0.25, -0.2) is 9.37 Å². The molecular weight excluding hydrogens is 304 g/mol. The number of oxazole rings is 1. The number of aliphatic hydroxyl groups excluding tert-OH is 1. The smallest absolute Gasteiger partial charge is 0.415 e. The number of nitrogens with zero attached hydrogens (tertiary/aromatic N) is 2. The minimum Gasteiger partial charge on any atom is -0.444 e. The van der Waals surface area contributed by atoms with Crippen molar-refractivity contribution in [3.05, 3.63) is 42.0 Å². The zero-order valence-electron chi connectivity index (χ0n) is 11.6. The van der Waals surface area contributed by atoms with E-state index in [1.807, 2.05) is 0 Å². The van der Waals surface area contributed by atoms with E-state index in [2.05, 4.69) is 4.98 Å². The van der Waals surface area contributed by atoms with E-state index in [1.165, 1.54) is 36.4 Å². The molecule has 22 heavy (non-hydrogen) atoms. The highest BCUT2D eigenvalue weighted by molar-refractivity contribution is 5.52. The second-order valence-electron chi connectivity index (χ2n) is 4.91. The highest BCUT2D eigenvalue weighted by Gasteiger charge is 2.38. The summed E-state index contributed by atoms with van der Waals surface area (Å²) >= 11 is 0. The number of likely N-dealkylation sites (N-methyl/N-ethyl adjacent to an activating group) is 1. The molecule has 1 aromatic heterocycles. The van der Waals surface area contributed by atoms with Crippen molar-refractivity contribution in [1.82, 2.24) is 9.88 Å². The highest BCUT2D eigenvalue weighted by Crippen LogP contribution is 2.22. The van der Waals surface area contributed by atoms with E-state index >= 15 is 0 Å². The van der Waals surface area contributed by atoms with E-state index < -0.39 is 24.6 Å². The van der Waals surface area contributed by atoms with Crippen molar-refractivity contribution in [2.45, 2.75) is 18.8 Å². The number of hydrogen-bond acceptors (Lipinski definition) is 4. The first kappa shape index (κ1) is 16.4. The summed E-state index contributed by atoms with van der Waals surface area (Å²) in [5.41, 5.74) is 0.820. The van der Waals surface area contributed by atoms with Crippen LogP contribution in [-0.4, -0.2) is 40.9 Å². The quantitative estimate of drug-likeness (QED) is 0.861. The lowest BCUT2D eigenvalue weighted by Gasteiger charge is -2.21. The van der Waals surface area contributed by atoms with E-state index in [-0.39, 0.29) is 12.4 Å². The van der Waals surface area contributed by atoms with E-state index in [1.54, 1.807) is 6.07 Å². The Labute approximate surface area is 124 Å². The topological polar surface area (TPSA) is 49.5 Å². The Kier molecular flexibility index (Phi) is 4.82. The maximum Gasteiger partial charge on any atom is 0.415 e. The molecule has 120 valence electrons. The molecule has 1 atom stereocenters. The van der Waals surface area contributed by atoms with Gasteiger partial charge in [0.05, 0.1) is 5.69 Å². The molecule has 1 aromatic carbocycles. The average Bonchev–Trinajstić information content (AvgIpc) is 2.86. The second-order valence-corrected chi connectivity index (χ2v) is 4.91. The minimum absolute atomic E-state index is 0.0615. The van der Waals surface area contributed by atoms with Gasteiger partial charge in [0.2, 0.25) is 5.89 Å². The first-order chi connectivity index (χ1) is 10.3. The van der Waals surface area contributed by atoms with Gasteiger partial charge in [-0.15, -0.1) is 0 Å². The average molecular weight is 318 g/mol. The Morgan fingerprint density at radius 2 is 2.09 bits per heavy atom. The van der Waals surface area contributed by atoms with Crippen molar-refractivity contribution in [2.24, 2.45) is 0 Å². The number of aromatic nitrogens is 1. The zero-order chi connectivity index (χ0) is 16.3. The molecule has 0 fully saturated rings. The van der Waals surface area contributed by atoms with Crippen LogP contribution in [0, 0.1) is 5.82 Å². The molecule has 0 aliphatic heterocycles.